The van der Waals surface area contributed by atoms with Gasteiger partial charge in [-0.15, -0.1) is 0 Å². The molecular formula is C18H17F3N2O2S. The molecule has 0 fully saturated rings. The van der Waals surface area contributed by atoms with Gasteiger partial charge in [0.1, 0.15) is 4.88 Å². The maximum absolute atomic E-state index is 13.5. The lowest BCUT2D eigenvalue weighted by atomic mass is 10.00. The van der Waals surface area contributed by atoms with Crippen molar-refractivity contribution in [3.8, 4) is 11.3 Å². The first-order valence-electron chi connectivity index (χ1n) is 8.10. The van der Waals surface area contributed by atoms with Gasteiger partial charge in [0.2, 0.25) is 0 Å². The molecule has 0 bridgehead atoms. The first-order valence-corrected chi connectivity index (χ1v) is 8.91. The largest absolute Gasteiger partial charge is 0.477 e. The number of halogens is 3. The van der Waals surface area contributed by atoms with Crippen LogP contribution in [0.5, 0.6) is 0 Å². The highest BCUT2D eigenvalue weighted by molar-refractivity contribution is 7.19. The second-order valence-corrected chi connectivity index (χ2v) is 7.22. The van der Waals surface area contributed by atoms with E-state index in [0.29, 0.717) is 40.6 Å². The summed E-state index contributed by atoms with van der Waals surface area (Å²) in [7, 11) is 0. The molecular weight excluding hydrogens is 365 g/mol. The number of aromatic nitrogens is 2. The minimum absolute atomic E-state index is 0.0366. The zero-order valence-electron chi connectivity index (χ0n) is 14.4. The number of aryl methyl sites for hydroxylation is 1. The summed E-state index contributed by atoms with van der Waals surface area (Å²) in [5, 5.41) is 9.15. The molecule has 1 aromatic carbocycles. The lowest BCUT2D eigenvalue weighted by Gasteiger charge is -2.10. The zero-order valence-corrected chi connectivity index (χ0v) is 15.2. The first-order chi connectivity index (χ1) is 12.1. The number of carboxylic acids is 1. The van der Waals surface area contributed by atoms with Crippen molar-refractivity contribution in [2.45, 2.75) is 39.3 Å². The molecule has 0 saturated carbocycles. The zero-order chi connectivity index (χ0) is 19.2. The summed E-state index contributed by atoms with van der Waals surface area (Å²) < 4.78 is 41.6. The number of nitrogens with zero attached hydrogens (tertiary/aromatic N) is 2. The van der Waals surface area contributed by atoms with Crippen LogP contribution in [0.15, 0.2) is 24.3 Å². The number of carbonyl (C=O) groups is 1. The van der Waals surface area contributed by atoms with Crippen LogP contribution in [0, 0.1) is 0 Å². The summed E-state index contributed by atoms with van der Waals surface area (Å²) in [5.74, 6) is -1.26. The van der Waals surface area contributed by atoms with Crippen LogP contribution >= 0.6 is 11.3 Å². The molecule has 8 heteroatoms. The number of benzene rings is 1. The third-order valence-corrected chi connectivity index (χ3v) is 5.25. The predicted octanol–water partition coefficient (Wildman–Crippen LogP) is 5.47. The van der Waals surface area contributed by atoms with Gasteiger partial charge < -0.3 is 5.11 Å². The van der Waals surface area contributed by atoms with Crippen LogP contribution in [0.4, 0.5) is 13.2 Å². The highest BCUT2D eigenvalue weighted by Gasteiger charge is 2.41. The van der Waals surface area contributed by atoms with Gasteiger partial charge in [0, 0.05) is 5.56 Å². The first kappa shape index (κ1) is 18.4. The van der Waals surface area contributed by atoms with Gasteiger partial charge in [-0.05, 0) is 17.9 Å². The van der Waals surface area contributed by atoms with Gasteiger partial charge >= 0.3 is 12.1 Å². The Hall–Kier alpha value is -2.35. The summed E-state index contributed by atoms with van der Waals surface area (Å²) in [6, 6.07) is 7.54. The Labute approximate surface area is 151 Å². The van der Waals surface area contributed by atoms with E-state index in [-0.39, 0.29) is 4.96 Å². The van der Waals surface area contributed by atoms with E-state index in [1.54, 1.807) is 6.92 Å². The molecule has 26 heavy (non-hydrogen) atoms. The third kappa shape index (κ3) is 2.98. The number of fused-ring (bicyclic) bond motifs is 1. The van der Waals surface area contributed by atoms with Gasteiger partial charge in [-0.25, -0.2) is 9.78 Å². The van der Waals surface area contributed by atoms with Crippen molar-refractivity contribution in [1.29, 1.82) is 0 Å². The Balaban J connectivity index is 2.26. The Bertz CT molecular complexity index is 969. The number of hydrogen-bond donors (Lipinski definition) is 1. The summed E-state index contributed by atoms with van der Waals surface area (Å²) in [6.07, 6.45) is -4.49. The molecule has 0 spiro atoms. The van der Waals surface area contributed by atoms with E-state index in [0.717, 1.165) is 9.96 Å². The highest BCUT2D eigenvalue weighted by atomic mass is 32.1. The minimum Gasteiger partial charge on any atom is -0.477 e. The Kier molecular flexibility index (Phi) is 4.56. The molecule has 0 aliphatic carbocycles. The predicted molar refractivity (Wildman–Crippen MR) is 93.9 cm³/mol. The van der Waals surface area contributed by atoms with Crippen molar-refractivity contribution in [2.24, 2.45) is 0 Å². The van der Waals surface area contributed by atoms with Crippen molar-refractivity contribution < 1.29 is 23.1 Å². The number of aromatic carboxylic acids is 1. The normalized spacial score (nSPS) is 12.3. The van der Waals surface area contributed by atoms with Gasteiger partial charge in [0.25, 0.3) is 0 Å². The Morgan fingerprint density at radius 2 is 1.88 bits per heavy atom. The fraction of sp³-hybridized carbons (Fsp3) is 0.333. The van der Waals surface area contributed by atoms with E-state index in [1.807, 2.05) is 24.3 Å². The molecule has 138 valence electrons. The van der Waals surface area contributed by atoms with Crippen LogP contribution < -0.4 is 0 Å². The molecule has 0 radical (unpaired) electrons. The Morgan fingerprint density at radius 3 is 2.35 bits per heavy atom. The quantitative estimate of drug-likeness (QED) is 0.651. The molecule has 4 nitrogen and oxygen atoms in total. The molecule has 3 aromatic rings. The molecule has 0 unspecified atom stereocenters. The SMILES string of the molecule is CCc1c(-c2ccc(C(C)C)cc2)nc2sc(C(=O)O)c(C(F)(F)F)n12. The van der Waals surface area contributed by atoms with Crippen molar-refractivity contribution in [2.75, 3.05) is 0 Å². The van der Waals surface area contributed by atoms with Crippen molar-refractivity contribution in [1.82, 2.24) is 9.38 Å². The monoisotopic (exact) mass is 382 g/mol. The van der Waals surface area contributed by atoms with E-state index in [2.05, 4.69) is 18.8 Å². The number of rotatable bonds is 4. The van der Waals surface area contributed by atoms with Crippen LogP contribution in [0.1, 0.15) is 53.3 Å². The van der Waals surface area contributed by atoms with Crippen LogP contribution in [-0.4, -0.2) is 20.5 Å². The number of hydrogen-bond acceptors (Lipinski definition) is 3. The van der Waals surface area contributed by atoms with E-state index >= 15 is 0 Å². The fourth-order valence-electron chi connectivity index (χ4n) is 2.95. The standard InChI is InChI=1S/C18H17F3N2O2S/c1-4-12-13(11-7-5-10(6-8-11)9(2)3)22-17-23(12)15(18(19,20)21)14(26-17)16(24)25/h5-9H,4H2,1-3H3,(H,24,25). The van der Waals surface area contributed by atoms with Crippen LogP contribution in [-0.2, 0) is 12.6 Å². The number of alkyl halides is 3. The highest BCUT2D eigenvalue weighted by Crippen LogP contribution is 2.40. The molecule has 0 amide bonds. The third-order valence-electron chi connectivity index (χ3n) is 4.22. The molecule has 1 N–H and O–H groups in total. The number of thiazole rings is 1. The number of carboxylic acid groups (broad SMARTS) is 1. The smallest absolute Gasteiger partial charge is 0.433 e. The lowest BCUT2D eigenvalue weighted by molar-refractivity contribution is -0.142. The van der Waals surface area contributed by atoms with E-state index in [1.165, 1.54) is 0 Å². The summed E-state index contributed by atoms with van der Waals surface area (Å²) >= 11 is 0.544. The van der Waals surface area contributed by atoms with Crippen molar-refractivity contribution >= 4 is 22.3 Å². The van der Waals surface area contributed by atoms with Crippen LogP contribution in [0.25, 0.3) is 16.2 Å². The second-order valence-electron chi connectivity index (χ2n) is 6.24. The minimum atomic E-state index is -4.78. The average Bonchev–Trinajstić information content (AvgIpc) is 3.09. The molecule has 3 rings (SSSR count). The maximum Gasteiger partial charge on any atom is 0.433 e. The molecule has 0 saturated heterocycles. The molecule has 2 heterocycles. The van der Waals surface area contributed by atoms with Gasteiger partial charge in [-0.3, -0.25) is 4.40 Å². The average molecular weight is 382 g/mol. The summed E-state index contributed by atoms with van der Waals surface area (Å²) in [6.45, 7) is 5.85. The number of imidazole rings is 1. The maximum atomic E-state index is 13.5. The van der Waals surface area contributed by atoms with Gasteiger partial charge in [-0.2, -0.15) is 13.2 Å². The molecule has 2 aromatic heterocycles. The van der Waals surface area contributed by atoms with Crippen molar-refractivity contribution in [3.05, 3.63) is 46.1 Å². The second kappa shape index (κ2) is 6.42. The van der Waals surface area contributed by atoms with Crippen molar-refractivity contribution in [3.63, 3.8) is 0 Å². The molecule has 0 aliphatic heterocycles. The van der Waals surface area contributed by atoms with E-state index in [4.69, 9.17) is 5.11 Å². The molecule has 0 aliphatic rings. The fourth-order valence-corrected chi connectivity index (χ4v) is 3.96. The van der Waals surface area contributed by atoms with Gasteiger partial charge in [-0.1, -0.05) is 56.4 Å². The van der Waals surface area contributed by atoms with Gasteiger partial charge in [0.05, 0.1) is 11.4 Å². The van der Waals surface area contributed by atoms with Crippen LogP contribution in [0.3, 0.4) is 0 Å². The summed E-state index contributed by atoms with van der Waals surface area (Å²) in [5.41, 5.74) is 1.48. The van der Waals surface area contributed by atoms with E-state index in [9.17, 15) is 18.0 Å². The summed E-state index contributed by atoms with van der Waals surface area (Å²) in [4.78, 5) is 14.9. The van der Waals surface area contributed by atoms with Crippen LogP contribution in [0.2, 0.25) is 0 Å². The topological polar surface area (TPSA) is 54.6 Å². The van der Waals surface area contributed by atoms with Gasteiger partial charge in [0.15, 0.2) is 10.7 Å². The Morgan fingerprint density at radius 1 is 1.27 bits per heavy atom. The lowest BCUT2D eigenvalue weighted by Crippen LogP contribution is -2.15. The van der Waals surface area contributed by atoms with E-state index < -0.39 is 22.7 Å². The molecule has 0 atom stereocenters.